The Hall–Kier alpha value is -3.26. The number of nitrogens with one attached hydrogen (secondary N) is 1. The van der Waals surface area contributed by atoms with E-state index in [2.05, 4.69) is 15.3 Å². The molecule has 1 aromatic carbocycles. The summed E-state index contributed by atoms with van der Waals surface area (Å²) in [5.74, 6) is -2.83. The number of piperidine rings is 1. The van der Waals surface area contributed by atoms with E-state index in [0.29, 0.717) is 17.6 Å². The van der Waals surface area contributed by atoms with Crippen LogP contribution in [-0.2, 0) is 16.1 Å². The Morgan fingerprint density at radius 2 is 1.91 bits per heavy atom. The molecule has 5 unspecified atom stereocenters. The summed E-state index contributed by atoms with van der Waals surface area (Å²) in [5.41, 5.74) is -1.34. The fraction of sp³-hybridized carbons (Fsp3) is 0.417. The average molecular weight is 437 g/mol. The fourth-order valence-corrected chi connectivity index (χ4v) is 5.58. The standard InChI is InChI=1S/C24H28N4O4/c1-4-24(22(31)32)19(13-28-12-11-25-14-28)27-15(2)23(3,21(29)30)20(24)17-9-10-26-18-8-6-5-7-16(17)18/h5-12,14-15,19-20,27H,4,13H2,1-3H3,(H,29,30)(H,31,32). The second-order valence-electron chi connectivity index (χ2n) is 8.84. The van der Waals surface area contributed by atoms with Gasteiger partial charge in [-0.05, 0) is 38.0 Å². The number of hydrogen-bond acceptors (Lipinski definition) is 5. The van der Waals surface area contributed by atoms with Gasteiger partial charge >= 0.3 is 11.9 Å². The van der Waals surface area contributed by atoms with Gasteiger partial charge in [-0.15, -0.1) is 0 Å². The minimum absolute atomic E-state index is 0.256. The Kier molecular flexibility index (Phi) is 5.50. The zero-order chi connectivity index (χ0) is 23.1. The Morgan fingerprint density at radius 1 is 1.16 bits per heavy atom. The van der Waals surface area contributed by atoms with Gasteiger partial charge in [-0.25, -0.2) is 4.98 Å². The lowest BCUT2D eigenvalue weighted by molar-refractivity contribution is -0.172. The third-order valence-corrected chi connectivity index (χ3v) is 7.48. The van der Waals surface area contributed by atoms with Crippen molar-refractivity contribution in [1.82, 2.24) is 19.9 Å². The van der Waals surface area contributed by atoms with Crippen LogP contribution in [0.4, 0.5) is 0 Å². The van der Waals surface area contributed by atoms with E-state index in [1.807, 2.05) is 42.7 Å². The molecule has 0 amide bonds. The summed E-state index contributed by atoms with van der Waals surface area (Å²) >= 11 is 0. The largest absolute Gasteiger partial charge is 0.481 e. The van der Waals surface area contributed by atoms with Crippen LogP contribution in [-0.4, -0.2) is 48.8 Å². The fourth-order valence-electron chi connectivity index (χ4n) is 5.58. The summed E-state index contributed by atoms with van der Waals surface area (Å²) in [4.78, 5) is 34.4. The Balaban J connectivity index is 2.03. The van der Waals surface area contributed by atoms with Crippen molar-refractivity contribution in [2.75, 3.05) is 0 Å². The molecule has 3 heterocycles. The van der Waals surface area contributed by atoms with Crippen molar-refractivity contribution in [1.29, 1.82) is 0 Å². The number of hydrogen-bond donors (Lipinski definition) is 3. The van der Waals surface area contributed by atoms with Crippen LogP contribution in [0.15, 0.2) is 55.2 Å². The van der Waals surface area contributed by atoms with Crippen molar-refractivity contribution in [2.24, 2.45) is 10.8 Å². The molecule has 0 saturated carbocycles. The quantitative estimate of drug-likeness (QED) is 0.543. The van der Waals surface area contributed by atoms with E-state index in [0.717, 1.165) is 5.39 Å². The third-order valence-electron chi connectivity index (χ3n) is 7.48. The van der Waals surface area contributed by atoms with Gasteiger partial charge in [0, 0.05) is 48.5 Å². The second-order valence-corrected chi connectivity index (χ2v) is 8.84. The minimum atomic E-state index is -1.38. The molecule has 4 rings (SSSR count). The third kappa shape index (κ3) is 3.09. The van der Waals surface area contributed by atoms with E-state index in [4.69, 9.17) is 0 Å². The topological polar surface area (TPSA) is 117 Å². The van der Waals surface area contributed by atoms with Crippen LogP contribution < -0.4 is 5.32 Å². The van der Waals surface area contributed by atoms with E-state index in [1.54, 1.807) is 37.9 Å². The van der Waals surface area contributed by atoms with Gasteiger partial charge in [0.1, 0.15) is 0 Å². The lowest BCUT2D eigenvalue weighted by atomic mass is 9.51. The molecule has 0 aliphatic carbocycles. The maximum absolute atomic E-state index is 13.1. The van der Waals surface area contributed by atoms with Crippen molar-refractivity contribution in [3.05, 3.63) is 60.8 Å². The highest BCUT2D eigenvalue weighted by molar-refractivity contribution is 5.89. The van der Waals surface area contributed by atoms with Crippen molar-refractivity contribution in [2.45, 2.75) is 51.7 Å². The molecule has 0 spiro atoms. The van der Waals surface area contributed by atoms with Gasteiger partial charge in [-0.3, -0.25) is 14.6 Å². The van der Waals surface area contributed by atoms with E-state index >= 15 is 0 Å². The first-order valence-corrected chi connectivity index (χ1v) is 10.8. The van der Waals surface area contributed by atoms with Crippen molar-refractivity contribution >= 4 is 22.8 Å². The molecule has 8 nitrogen and oxygen atoms in total. The van der Waals surface area contributed by atoms with Gasteiger partial charge in [0.25, 0.3) is 0 Å². The van der Waals surface area contributed by atoms with Gasteiger partial charge in [-0.1, -0.05) is 25.1 Å². The van der Waals surface area contributed by atoms with Crippen LogP contribution in [0.2, 0.25) is 0 Å². The molecule has 168 valence electrons. The number of fused-ring (bicyclic) bond motifs is 1. The molecular weight excluding hydrogens is 408 g/mol. The number of aromatic nitrogens is 3. The number of pyridine rings is 1. The predicted molar refractivity (Wildman–Crippen MR) is 119 cm³/mol. The number of aliphatic carboxylic acids is 2. The van der Waals surface area contributed by atoms with E-state index in [9.17, 15) is 19.8 Å². The highest BCUT2D eigenvalue weighted by Gasteiger charge is 2.65. The summed E-state index contributed by atoms with van der Waals surface area (Å²) in [5, 5.41) is 25.3. The first-order chi connectivity index (χ1) is 15.3. The Labute approximate surface area is 186 Å². The Bertz CT molecular complexity index is 1140. The van der Waals surface area contributed by atoms with Crippen LogP contribution in [0.5, 0.6) is 0 Å². The molecular formula is C24H28N4O4. The number of carboxylic acids is 2. The smallest absolute Gasteiger partial charge is 0.311 e. The van der Waals surface area contributed by atoms with Gasteiger partial charge < -0.3 is 20.1 Å². The molecule has 3 N–H and O–H groups in total. The zero-order valence-electron chi connectivity index (χ0n) is 18.4. The molecule has 0 bridgehead atoms. The number of carbonyl (C=O) groups is 2. The highest BCUT2D eigenvalue weighted by atomic mass is 16.4. The molecule has 32 heavy (non-hydrogen) atoms. The van der Waals surface area contributed by atoms with E-state index in [1.165, 1.54) is 0 Å². The lowest BCUT2D eigenvalue weighted by Crippen LogP contribution is -2.70. The number of rotatable bonds is 6. The van der Waals surface area contributed by atoms with Crippen molar-refractivity contribution < 1.29 is 19.8 Å². The number of imidazole rings is 1. The summed E-state index contributed by atoms with van der Waals surface area (Å²) in [6.07, 6.45) is 6.98. The predicted octanol–water partition coefficient (Wildman–Crippen LogP) is 3.15. The molecule has 8 heteroatoms. The molecule has 1 saturated heterocycles. The van der Waals surface area contributed by atoms with Gasteiger partial charge in [-0.2, -0.15) is 0 Å². The summed E-state index contributed by atoms with van der Waals surface area (Å²) in [7, 11) is 0. The molecule has 5 atom stereocenters. The van der Waals surface area contributed by atoms with E-state index < -0.39 is 40.8 Å². The van der Waals surface area contributed by atoms with Crippen LogP contribution in [0.25, 0.3) is 10.9 Å². The van der Waals surface area contributed by atoms with Crippen LogP contribution in [0.3, 0.4) is 0 Å². The highest BCUT2D eigenvalue weighted by Crippen LogP contribution is 2.58. The number of para-hydroxylation sites is 1. The summed E-state index contributed by atoms with van der Waals surface area (Å²) < 4.78 is 1.84. The average Bonchev–Trinajstić information content (AvgIpc) is 3.28. The first-order valence-electron chi connectivity index (χ1n) is 10.8. The lowest BCUT2D eigenvalue weighted by Gasteiger charge is -2.57. The van der Waals surface area contributed by atoms with Crippen LogP contribution in [0, 0.1) is 10.8 Å². The maximum atomic E-state index is 13.1. The SMILES string of the molecule is CCC1(C(=O)O)C(Cn2ccnc2)NC(C)C(C)(C(=O)O)C1c1ccnc2ccccc12. The maximum Gasteiger partial charge on any atom is 0.311 e. The van der Waals surface area contributed by atoms with Crippen molar-refractivity contribution in [3.8, 4) is 0 Å². The number of carboxylic acid groups (broad SMARTS) is 2. The number of nitrogens with zero attached hydrogens (tertiary/aromatic N) is 3. The van der Waals surface area contributed by atoms with Crippen LogP contribution >= 0.6 is 0 Å². The molecule has 1 aliphatic heterocycles. The molecule has 2 aromatic heterocycles. The monoisotopic (exact) mass is 436 g/mol. The second kappa shape index (κ2) is 8.02. The summed E-state index contributed by atoms with van der Waals surface area (Å²) in [6.45, 7) is 5.67. The van der Waals surface area contributed by atoms with Crippen LogP contribution in [0.1, 0.15) is 38.7 Å². The van der Waals surface area contributed by atoms with Gasteiger partial charge in [0.2, 0.25) is 0 Å². The van der Waals surface area contributed by atoms with E-state index in [-0.39, 0.29) is 6.42 Å². The van der Waals surface area contributed by atoms with Crippen molar-refractivity contribution in [3.63, 3.8) is 0 Å². The normalized spacial score (nSPS) is 30.3. The molecule has 3 aromatic rings. The molecule has 1 fully saturated rings. The molecule has 1 aliphatic rings. The minimum Gasteiger partial charge on any atom is -0.481 e. The zero-order valence-corrected chi connectivity index (χ0v) is 18.4. The Morgan fingerprint density at radius 3 is 2.53 bits per heavy atom. The number of benzene rings is 1. The van der Waals surface area contributed by atoms with Gasteiger partial charge in [0.15, 0.2) is 0 Å². The summed E-state index contributed by atoms with van der Waals surface area (Å²) in [6, 6.07) is 8.27. The first kappa shape index (κ1) is 22.0. The molecule has 0 radical (unpaired) electrons. The van der Waals surface area contributed by atoms with Gasteiger partial charge in [0.05, 0.1) is 22.7 Å².